The van der Waals surface area contributed by atoms with Gasteiger partial charge in [0.2, 0.25) is 0 Å². The van der Waals surface area contributed by atoms with Gasteiger partial charge in [-0.2, -0.15) is 0 Å². The first-order valence-corrected chi connectivity index (χ1v) is 17.6. The molecule has 4 aliphatic heterocycles. The Bertz CT molecular complexity index is 2110. The molecule has 6 atom stereocenters. The van der Waals surface area contributed by atoms with Crippen molar-refractivity contribution in [3.05, 3.63) is 158 Å². The fraction of sp³-hybridized carbons (Fsp3) is 0.225. The lowest BCUT2D eigenvalue weighted by molar-refractivity contribution is -0.131. The zero-order chi connectivity index (χ0) is 30.8. The van der Waals surface area contributed by atoms with E-state index in [-0.39, 0.29) is 17.7 Å². The number of benzene rings is 5. The van der Waals surface area contributed by atoms with Crippen LogP contribution >= 0.6 is 31.9 Å². The fourth-order valence-corrected chi connectivity index (χ4v) is 10.9. The molecular formula is C40H30Br2N2O2. The highest BCUT2D eigenvalue weighted by atomic mass is 79.9. The van der Waals surface area contributed by atoms with Crippen molar-refractivity contribution in [1.29, 1.82) is 0 Å². The van der Waals surface area contributed by atoms with Gasteiger partial charge in [-0.15, -0.1) is 0 Å². The van der Waals surface area contributed by atoms with Crippen molar-refractivity contribution in [2.45, 2.75) is 29.6 Å². The molecule has 4 heterocycles. The Kier molecular flexibility index (Phi) is 5.77. The molecule has 2 bridgehead atoms. The first-order chi connectivity index (χ1) is 22.5. The number of nitrogens with zero attached hydrogens (tertiary/aromatic N) is 2. The molecule has 46 heavy (non-hydrogen) atoms. The number of halogens is 2. The maximum Gasteiger partial charge on any atom is 0.174 e. The average molecular weight is 730 g/mol. The second kappa shape index (κ2) is 9.59. The molecule has 5 aromatic carbocycles. The molecule has 1 unspecified atom stereocenters. The molecule has 6 heteroatoms. The van der Waals surface area contributed by atoms with Gasteiger partial charge in [0.1, 0.15) is 12.3 Å². The second-order valence-corrected chi connectivity index (χ2v) is 15.3. The molecule has 4 fully saturated rings. The van der Waals surface area contributed by atoms with Crippen LogP contribution in [0.5, 0.6) is 0 Å². The first-order valence-electron chi connectivity index (χ1n) is 16.0. The molecule has 2 spiro atoms. The fourth-order valence-electron chi connectivity index (χ4n) is 10.3. The third kappa shape index (κ3) is 3.18. The summed E-state index contributed by atoms with van der Waals surface area (Å²) in [6, 6.07) is 41.2. The highest BCUT2D eigenvalue weighted by molar-refractivity contribution is 9.10. The van der Waals surface area contributed by atoms with Crippen LogP contribution in [0.1, 0.15) is 33.7 Å². The third-order valence-electron chi connectivity index (χ3n) is 11.6. The summed E-state index contributed by atoms with van der Waals surface area (Å²) in [7, 11) is 0. The zero-order valence-electron chi connectivity index (χ0n) is 25.0. The van der Waals surface area contributed by atoms with E-state index >= 15 is 4.79 Å². The van der Waals surface area contributed by atoms with Crippen molar-refractivity contribution in [1.82, 2.24) is 9.80 Å². The molecule has 10 rings (SSSR count). The summed E-state index contributed by atoms with van der Waals surface area (Å²) in [6.45, 7) is 1.68. The van der Waals surface area contributed by atoms with Gasteiger partial charge < -0.3 is 4.74 Å². The zero-order valence-corrected chi connectivity index (χ0v) is 28.2. The van der Waals surface area contributed by atoms with Crippen molar-refractivity contribution in [2.24, 2.45) is 5.41 Å². The van der Waals surface area contributed by atoms with E-state index in [2.05, 4.69) is 151 Å². The van der Waals surface area contributed by atoms with Crippen LogP contribution in [0.25, 0.3) is 16.8 Å². The standard InChI is InChI=1S/C40H30Br2N2O2/c41-30-16-12-26(13-17-30)20-29-22-43-23-38(37(29)45)36(28-14-18-31(42)19-15-28)34(21-25-6-2-1-3-7-25)44-24-46-40(43)33-11-5-9-27-8-4-10-32(35(27)33)39(38,40)44/h1-20,34,36H,21-24H2/b29-20+/t34-,36-,38-,39+,40+/m0/s1. The van der Waals surface area contributed by atoms with Crippen LogP contribution < -0.4 is 0 Å². The van der Waals surface area contributed by atoms with Crippen LogP contribution in [0, 0.1) is 5.41 Å². The molecule has 0 amide bonds. The molecule has 5 aromatic rings. The minimum absolute atomic E-state index is 0.0492. The van der Waals surface area contributed by atoms with Gasteiger partial charge in [0.05, 0.1) is 5.41 Å². The van der Waals surface area contributed by atoms with E-state index in [0.717, 1.165) is 26.5 Å². The number of ether oxygens (including phenoxy) is 1. The molecule has 1 aliphatic carbocycles. The molecule has 5 aliphatic rings. The van der Waals surface area contributed by atoms with Gasteiger partial charge in [-0.05, 0) is 69.8 Å². The highest BCUT2D eigenvalue weighted by Crippen LogP contribution is 2.80. The largest absolute Gasteiger partial charge is 0.338 e. The molecule has 0 N–H and O–H groups in total. The summed E-state index contributed by atoms with van der Waals surface area (Å²) in [6.07, 6.45) is 2.96. The third-order valence-corrected chi connectivity index (χ3v) is 12.7. The molecule has 4 saturated heterocycles. The number of carbonyl (C=O) groups is 1. The smallest absolute Gasteiger partial charge is 0.174 e. The molecule has 0 radical (unpaired) electrons. The maximum absolute atomic E-state index is 15.8. The van der Waals surface area contributed by atoms with Gasteiger partial charge in [-0.25, -0.2) is 0 Å². The van der Waals surface area contributed by atoms with E-state index in [0.29, 0.717) is 19.8 Å². The van der Waals surface area contributed by atoms with E-state index in [1.165, 1.54) is 33.0 Å². The predicted octanol–water partition coefficient (Wildman–Crippen LogP) is 8.39. The Morgan fingerprint density at radius 1 is 0.804 bits per heavy atom. The van der Waals surface area contributed by atoms with Crippen molar-refractivity contribution in [3.8, 4) is 0 Å². The lowest BCUT2D eigenvalue weighted by atomic mass is 9.57. The van der Waals surface area contributed by atoms with Crippen LogP contribution in [-0.4, -0.2) is 41.4 Å². The van der Waals surface area contributed by atoms with E-state index in [9.17, 15) is 0 Å². The number of ketones is 1. The number of Topliss-reactive ketones (excluding diaryl/α,β-unsaturated/α-hetero) is 1. The summed E-state index contributed by atoms with van der Waals surface area (Å²) < 4.78 is 9.35. The number of fused-ring (bicyclic) bond motifs is 1. The van der Waals surface area contributed by atoms with Crippen molar-refractivity contribution in [3.63, 3.8) is 0 Å². The molecule has 0 aromatic heterocycles. The molecule has 226 valence electrons. The number of carbonyl (C=O) groups excluding carboxylic acids is 1. The van der Waals surface area contributed by atoms with Crippen LogP contribution in [0.3, 0.4) is 0 Å². The molecular weight excluding hydrogens is 700 g/mol. The minimum atomic E-state index is -0.774. The van der Waals surface area contributed by atoms with E-state index < -0.39 is 16.7 Å². The maximum atomic E-state index is 15.8. The Morgan fingerprint density at radius 3 is 2.24 bits per heavy atom. The average Bonchev–Trinajstić information content (AvgIpc) is 3.71. The van der Waals surface area contributed by atoms with Gasteiger partial charge in [-0.1, -0.05) is 123 Å². The van der Waals surface area contributed by atoms with E-state index in [1.54, 1.807) is 0 Å². The van der Waals surface area contributed by atoms with Crippen molar-refractivity contribution < 1.29 is 9.53 Å². The van der Waals surface area contributed by atoms with Crippen LogP contribution in [-0.2, 0) is 27.2 Å². The van der Waals surface area contributed by atoms with E-state index in [1.807, 2.05) is 12.1 Å². The lowest BCUT2D eigenvalue weighted by Crippen LogP contribution is -2.56. The summed E-state index contributed by atoms with van der Waals surface area (Å²) >= 11 is 7.27. The number of hydrogen-bond donors (Lipinski definition) is 0. The number of piperidine rings is 1. The lowest BCUT2D eigenvalue weighted by Gasteiger charge is -2.44. The second-order valence-electron chi connectivity index (χ2n) is 13.5. The Balaban J connectivity index is 1.30. The van der Waals surface area contributed by atoms with Gasteiger partial charge in [-0.3, -0.25) is 14.6 Å². The number of rotatable bonds is 4. The normalized spacial score (nSPS) is 32.8. The Hall–Kier alpha value is -3.39. The van der Waals surface area contributed by atoms with Crippen molar-refractivity contribution in [2.75, 3.05) is 19.8 Å². The summed E-state index contributed by atoms with van der Waals surface area (Å²) in [4.78, 5) is 21.0. The summed E-state index contributed by atoms with van der Waals surface area (Å²) in [5.41, 5.74) is 4.63. The SMILES string of the molecule is O=C1/C(=C/c2ccc(Br)cc2)CN2C[C@]13[C@@H](c1ccc(Br)cc1)[C@H](Cc1ccccc1)N1CO[C@@]24c2cccc5cccc(c25)[C@@]134. The Morgan fingerprint density at radius 2 is 1.50 bits per heavy atom. The van der Waals surface area contributed by atoms with Crippen molar-refractivity contribution >= 4 is 54.5 Å². The van der Waals surface area contributed by atoms with E-state index in [4.69, 9.17) is 4.74 Å². The topological polar surface area (TPSA) is 32.8 Å². The van der Waals surface area contributed by atoms with Gasteiger partial charge in [0.15, 0.2) is 11.5 Å². The van der Waals surface area contributed by atoms with Gasteiger partial charge in [0.25, 0.3) is 0 Å². The molecule has 4 nitrogen and oxygen atoms in total. The monoisotopic (exact) mass is 728 g/mol. The molecule has 0 saturated carbocycles. The number of hydrogen-bond acceptors (Lipinski definition) is 4. The minimum Gasteiger partial charge on any atom is -0.338 e. The van der Waals surface area contributed by atoms with Gasteiger partial charge in [0, 0.05) is 45.1 Å². The summed E-state index contributed by atoms with van der Waals surface area (Å²) in [5.74, 6) is 0.206. The first kappa shape index (κ1) is 27.7. The summed E-state index contributed by atoms with van der Waals surface area (Å²) in [5, 5.41) is 2.47. The van der Waals surface area contributed by atoms with Gasteiger partial charge >= 0.3 is 0 Å². The van der Waals surface area contributed by atoms with Crippen LogP contribution in [0.4, 0.5) is 0 Å². The van der Waals surface area contributed by atoms with Crippen LogP contribution in [0.15, 0.2) is 130 Å². The predicted molar refractivity (Wildman–Crippen MR) is 187 cm³/mol. The van der Waals surface area contributed by atoms with Crippen LogP contribution in [0.2, 0.25) is 0 Å². The Labute approximate surface area is 284 Å². The highest BCUT2D eigenvalue weighted by Gasteiger charge is 2.90. The quantitative estimate of drug-likeness (QED) is 0.174.